The Morgan fingerprint density at radius 3 is 2.53 bits per heavy atom. The summed E-state index contributed by atoms with van der Waals surface area (Å²) in [6, 6.07) is 2.01. The van der Waals surface area contributed by atoms with Gasteiger partial charge in [-0.25, -0.2) is 0 Å². The minimum Gasteiger partial charge on any atom is -0.394 e. The normalized spacial score (nSPS) is 13.1. The van der Waals surface area contributed by atoms with E-state index in [1.165, 1.54) is 0 Å². The quantitative estimate of drug-likeness (QED) is 0.559. The van der Waals surface area contributed by atoms with Crippen molar-refractivity contribution in [3.8, 4) is 0 Å². The van der Waals surface area contributed by atoms with Crippen molar-refractivity contribution in [1.82, 2.24) is 0 Å². The number of aliphatic hydroxyl groups excluding tert-OH is 2. The van der Waals surface area contributed by atoms with E-state index in [4.69, 9.17) is 10.2 Å². The second-order valence-electron chi connectivity index (χ2n) is 3.70. The first kappa shape index (κ1) is 15.2. The van der Waals surface area contributed by atoms with Gasteiger partial charge in [0.1, 0.15) is 5.69 Å². The molecule has 19 heavy (non-hydrogen) atoms. The fraction of sp³-hybridized carbons (Fsp3) is 0.400. The van der Waals surface area contributed by atoms with Gasteiger partial charge in [-0.15, -0.1) is 0 Å². The van der Waals surface area contributed by atoms with Crippen LogP contribution in [-0.2, 0) is 6.18 Å². The molecule has 106 valence electrons. The molecule has 1 unspecified atom stereocenters. The molecule has 0 radical (unpaired) electrons. The van der Waals surface area contributed by atoms with Crippen LogP contribution in [0.25, 0.3) is 0 Å². The topological polar surface area (TPSA) is 95.6 Å². The van der Waals surface area contributed by atoms with E-state index in [1.54, 1.807) is 0 Å². The molecule has 0 aliphatic rings. The predicted octanol–water partition coefficient (Wildman–Crippen LogP) is 1.38. The van der Waals surface area contributed by atoms with Crippen molar-refractivity contribution >= 4 is 11.4 Å². The van der Waals surface area contributed by atoms with Crippen LogP contribution in [0.1, 0.15) is 5.56 Å². The summed E-state index contributed by atoms with van der Waals surface area (Å²) in [6.45, 7) is -0.788. The molecule has 1 rings (SSSR count). The molecule has 9 heteroatoms. The van der Waals surface area contributed by atoms with E-state index in [0.29, 0.717) is 12.1 Å². The van der Waals surface area contributed by atoms with E-state index in [0.717, 1.165) is 6.07 Å². The van der Waals surface area contributed by atoms with E-state index in [-0.39, 0.29) is 12.2 Å². The largest absolute Gasteiger partial charge is 0.416 e. The lowest BCUT2D eigenvalue weighted by Gasteiger charge is -2.12. The molecule has 0 bridgehead atoms. The van der Waals surface area contributed by atoms with E-state index in [2.05, 4.69) is 5.32 Å². The van der Waals surface area contributed by atoms with Gasteiger partial charge in [-0.05, 0) is 12.1 Å². The fourth-order valence-corrected chi connectivity index (χ4v) is 1.30. The number of alkyl halides is 3. The number of benzene rings is 1. The third-order valence-electron chi connectivity index (χ3n) is 2.26. The van der Waals surface area contributed by atoms with Crippen molar-refractivity contribution in [1.29, 1.82) is 0 Å². The molecular weight excluding hydrogens is 269 g/mol. The SMILES string of the molecule is O=[N+]([O-])c1cc(C(F)(F)F)ccc1NCC(O)CO. The average Bonchev–Trinajstić information content (AvgIpc) is 2.34. The van der Waals surface area contributed by atoms with Crippen LogP contribution in [0, 0.1) is 10.1 Å². The number of hydrogen-bond donors (Lipinski definition) is 3. The third-order valence-corrected chi connectivity index (χ3v) is 2.26. The Hall–Kier alpha value is -1.87. The molecule has 1 aromatic carbocycles. The van der Waals surface area contributed by atoms with Gasteiger partial charge in [0.15, 0.2) is 0 Å². The number of hydrogen-bond acceptors (Lipinski definition) is 5. The smallest absolute Gasteiger partial charge is 0.394 e. The zero-order valence-corrected chi connectivity index (χ0v) is 9.52. The van der Waals surface area contributed by atoms with Gasteiger partial charge in [-0.3, -0.25) is 10.1 Å². The highest BCUT2D eigenvalue weighted by atomic mass is 19.4. The summed E-state index contributed by atoms with van der Waals surface area (Å²) in [5.74, 6) is 0. The number of rotatable bonds is 5. The molecule has 0 heterocycles. The second-order valence-corrected chi connectivity index (χ2v) is 3.70. The highest BCUT2D eigenvalue weighted by Crippen LogP contribution is 2.34. The summed E-state index contributed by atoms with van der Waals surface area (Å²) in [5.41, 5.74) is -2.04. The number of nitrogens with one attached hydrogen (secondary N) is 1. The first-order chi connectivity index (χ1) is 8.75. The summed E-state index contributed by atoms with van der Waals surface area (Å²) in [6.07, 6.45) is -5.84. The second kappa shape index (κ2) is 5.85. The number of anilines is 1. The highest BCUT2D eigenvalue weighted by Gasteiger charge is 2.33. The Balaban J connectivity index is 3.02. The van der Waals surface area contributed by atoms with Crippen LogP contribution >= 0.6 is 0 Å². The molecule has 3 N–H and O–H groups in total. The molecule has 0 aliphatic heterocycles. The monoisotopic (exact) mass is 280 g/mol. The van der Waals surface area contributed by atoms with Crippen molar-refractivity contribution in [3.05, 3.63) is 33.9 Å². The van der Waals surface area contributed by atoms with E-state index in [1.807, 2.05) is 0 Å². The van der Waals surface area contributed by atoms with Crippen LogP contribution < -0.4 is 5.32 Å². The minimum absolute atomic E-state index is 0.162. The van der Waals surface area contributed by atoms with Crippen molar-refractivity contribution in [2.75, 3.05) is 18.5 Å². The zero-order chi connectivity index (χ0) is 14.6. The summed E-state index contributed by atoms with van der Waals surface area (Å²) in [4.78, 5) is 9.75. The van der Waals surface area contributed by atoms with Gasteiger partial charge in [0, 0.05) is 12.6 Å². The van der Waals surface area contributed by atoms with Gasteiger partial charge >= 0.3 is 6.18 Å². The first-order valence-electron chi connectivity index (χ1n) is 5.14. The van der Waals surface area contributed by atoms with Gasteiger partial charge in [0.2, 0.25) is 0 Å². The number of halogens is 3. The molecule has 0 fully saturated rings. The number of nitro benzene ring substituents is 1. The number of nitrogens with zero attached hydrogens (tertiary/aromatic N) is 1. The Bertz CT molecular complexity index is 465. The molecule has 0 aliphatic carbocycles. The summed E-state index contributed by atoms with van der Waals surface area (Å²) in [5, 5.41) is 30.7. The Kier molecular flexibility index (Phi) is 4.67. The predicted molar refractivity (Wildman–Crippen MR) is 59.7 cm³/mol. The Morgan fingerprint density at radius 2 is 2.05 bits per heavy atom. The zero-order valence-electron chi connectivity index (χ0n) is 9.52. The van der Waals surface area contributed by atoms with Crippen molar-refractivity contribution < 1.29 is 28.3 Å². The minimum atomic E-state index is -4.67. The number of aliphatic hydroxyl groups is 2. The Labute approximate surface area is 105 Å². The highest BCUT2D eigenvalue weighted by molar-refractivity contribution is 5.63. The van der Waals surface area contributed by atoms with Crippen molar-refractivity contribution in [2.24, 2.45) is 0 Å². The lowest BCUT2D eigenvalue weighted by molar-refractivity contribution is -0.384. The number of nitro groups is 1. The molecule has 0 amide bonds. The molecule has 0 aromatic heterocycles. The van der Waals surface area contributed by atoms with Crippen LogP contribution in [0.15, 0.2) is 18.2 Å². The first-order valence-corrected chi connectivity index (χ1v) is 5.14. The maximum atomic E-state index is 12.4. The molecule has 6 nitrogen and oxygen atoms in total. The molecular formula is C10H11F3N2O4. The maximum Gasteiger partial charge on any atom is 0.416 e. The molecule has 1 aromatic rings. The maximum absolute atomic E-state index is 12.4. The lowest BCUT2D eigenvalue weighted by Crippen LogP contribution is -2.23. The summed E-state index contributed by atoms with van der Waals surface area (Å²) < 4.78 is 37.2. The van der Waals surface area contributed by atoms with Gasteiger partial charge in [-0.2, -0.15) is 13.2 Å². The van der Waals surface area contributed by atoms with Crippen LogP contribution in [-0.4, -0.2) is 34.4 Å². The summed E-state index contributed by atoms with van der Waals surface area (Å²) in [7, 11) is 0. The molecule has 0 saturated carbocycles. The van der Waals surface area contributed by atoms with Crippen molar-refractivity contribution in [2.45, 2.75) is 12.3 Å². The molecule has 1 atom stereocenters. The van der Waals surface area contributed by atoms with Gasteiger partial charge < -0.3 is 15.5 Å². The van der Waals surface area contributed by atoms with Crippen LogP contribution in [0.2, 0.25) is 0 Å². The van der Waals surface area contributed by atoms with E-state index < -0.39 is 35.1 Å². The lowest BCUT2D eigenvalue weighted by atomic mass is 10.1. The van der Waals surface area contributed by atoms with E-state index in [9.17, 15) is 23.3 Å². The van der Waals surface area contributed by atoms with Gasteiger partial charge in [0.05, 0.1) is 23.2 Å². The van der Waals surface area contributed by atoms with Crippen molar-refractivity contribution in [3.63, 3.8) is 0 Å². The Morgan fingerprint density at radius 1 is 1.42 bits per heavy atom. The molecule has 0 spiro atoms. The van der Waals surface area contributed by atoms with Crippen LogP contribution in [0.4, 0.5) is 24.5 Å². The van der Waals surface area contributed by atoms with Crippen LogP contribution in [0.3, 0.4) is 0 Å². The fourth-order valence-electron chi connectivity index (χ4n) is 1.30. The average molecular weight is 280 g/mol. The summed E-state index contributed by atoms with van der Waals surface area (Å²) >= 11 is 0. The van der Waals surface area contributed by atoms with Crippen LogP contribution in [0.5, 0.6) is 0 Å². The van der Waals surface area contributed by atoms with E-state index >= 15 is 0 Å². The van der Waals surface area contributed by atoms with Gasteiger partial charge in [0.25, 0.3) is 5.69 Å². The van der Waals surface area contributed by atoms with Gasteiger partial charge in [-0.1, -0.05) is 0 Å². The molecule has 0 saturated heterocycles. The standard InChI is InChI=1S/C10H11F3N2O4/c11-10(12,13)6-1-2-8(9(3-6)15(18)19)14-4-7(17)5-16/h1-3,7,14,16-17H,4-5H2. The third kappa shape index (κ3) is 4.07.